The van der Waals surface area contributed by atoms with Gasteiger partial charge in [0.1, 0.15) is 0 Å². The summed E-state index contributed by atoms with van der Waals surface area (Å²) in [6.45, 7) is 3.67. The van der Waals surface area contributed by atoms with Gasteiger partial charge in [0, 0.05) is 42.7 Å². The summed E-state index contributed by atoms with van der Waals surface area (Å²) in [5, 5.41) is 5.33. The summed E-state index contributed by atoms with van der Waals surface area (Å²) in [5.74, 6) is -0.282. The Morgan fingerprint density at radius 3 is 2.57 bits per heavy atom. The number of nitrogens with zero attached hydrogens (tertiary/aromatic N) is 2. The van der Waals surface area contributed by atoms with Crippen LogP contribution in [0.15, 0.2) is 66.0 Å². The molecule has 2 amide bonds. The lowest BCUT2D eigenvalue weighted by Crippen LogP contribution is -2.50. The van der Waals surface area contributed by atoms with E-state index in [2.05, 4.69) is 50.8 Å². The highest BCUT2D eigenvalue weighted by Gasteiger charge is 2.47. The molecule has 3 heterocycles. The van der Waals surface area contributed by atoms with Crippen molar-refractivity contribution in [3.05, 3.63) is 93.2 Å². The molecule has 3 aromatic rings. The molecule has 1 aliphatic carbocycles. The van der Waals surface area contributed by atoms with Crippen LogP contribution in [-0.2, 0) is 17.8 Å². The molecule has 2 aromatic carbocycles. The summed E-state index contributed by atoms with van der Waals surface area (Å²) in [6, 6.07) is 20.5. The van der Waals surface area contributed by atoms with Crippen LogP contribution in [0.5, 0.6) is 0 Å². The summed E-state index contributed by atoms with van der Waals surface area (Å²) in [5.41, 5.74) is 4.44. The molecule has 5 nitrogen and oxygen atoms in total. The summed E-state index contributed by atoms with van der Waals surface area (Å²) in [4.78, 5) is 33.3. The lowest BCUT2D eigenvalue weighted by atomic mass is 9.80. The number of hydrogen-bond donors (Lipinski definition) is 1. The number of amides is 2. The molecule has 2 aliphatic heterocycles. The molecule has 0 radical (unpaired) electrons. The zero-order valence-electron chi connectivity index (χ0n) is 21.3. The first-order valence-electron chi connectivity index (χ1n) is 13.7. The molecule has 192 valence electrons. The molecule has 2 atom stereocenters. The summed E-state index contributed by atoms with van der Waals surface area (Å²) < 4.78 is 0. The van der Waals surface area contributed by atoms with E-state index in [0.29, 0.717) is 12.1 Å². The van der Waals surface area contributed by atoms with E-state index in [1.54, 1.807) is 11.3 Å². The molecule has 1 N–H and O–H groups in total. The van der Waals surface area contributed by atoms with Crippen LogP contribution in [0.1, 0.15) is 76.0 Å². The van der Waals surface area contributed by atoms with E-state index in [1.807, 2.05) is 30.3 Å². The van der Waals surface area contributed by atoms with Crippen molar-refractivity contribution in [2.75, 3.05) is 19.6 Å². The van der Waals surface area contributed by atoms with Crippen molar-refractivity contribution >= 4 is 23.2 Å². The highest BCUT2D eigenvalue weighted by Crippen LogP contribution is 2.47. The fourth-order valence-electron chi connectivity index (χ4n) is 6.55. The fraction of sp³-hybridized carbons (Fsp3) is 0.419. The van der Waals surface area contributed by atoms with Gasteiger partial charge in [-0.25, -0.2) is 0 Å². The molecule has 3 aliphatic rings. The van der Waals surface area contributed by atoms with Gasteiger partial charge in [-0.3, -0.25) is 14.5 Å². The lowest BCUT2D eigenvalue weighted by molar-refractivity contribution is -0.124. The quantitative estimate of drug-likeness (QED) is 0.422. The van der Waals surface area contributed by atoms with Crippen LogP contribution in [0.3, 0.4) is 0 Å². The van der Waals surface area contributed by atoms with Gasteiger partial charge >= 0.3 is 0 Å². The molecular formula is C31H35N3O2S. The molecule has 37 heavy (non-hydrogen) atoms. The topological polar surface area (TPSA) is 52.7 Å². The van der Waals surface area contributed by atoms with Crippen LogP contribution in [0, 0.1) is 0 Å². The van der Waals surface area contributed by atoms with E-state index >= 15 is 0 Å². The van der Waals surface area contributed by atoms with Crippen LogP contribution in [-0.4, -0.2) is 47.3 Å². The Morgan fingerprint density at radius 2 is 1.76 bits per heavy atom. The molecule has 0 saturated heterocycles. The second kappa shape index (κ2) is 10.8. The van der Waals surface area contributed by atoms with Crippen LogP contribution in [0.4, 0.5) is 0 Å². The van der Waals surface area contributed by atoms with Crippen LogP contribution < -0.4 is 5.32 Å². The molecule has 6 heteroatoms. The minimum Gasteiger partial charge on any atom is -0.355 e. The van der Waals surface area contributed by atoms with E-state index in [1.165, 1.54) is 11.1 Å². The minimum atomic E-state index is -0.394. The van der Waals surface area contributed by atoms with Crippen molar-refractivity contribution in [2.45, 2.75) is 63.1 Å². The first kappa shape index (κ1) is 24.4. The average Bonchev–Trinajstić information content (AvgIpc) is 3.66. The number of thiophene rings is 1. The SMILES string of the molecule is O=C(NCCCN1CCc2ccccc2C1)[C@H]1c2ccccc2C(=O)N(C2CCCC2)[C@H]1c1cccs1. The average molecular weight is 514 g/mol. The first-order valence-corrected chi connectivity index (χ1v) is 14.6. The molecule has 0 bridgehead atoms. The smallest absolute Gasteiger partial charge is 0.254 e. The van der Waals surface area contributed by atoms with Gasteiger partial charge in [-0.1, -0.05) is 61.4 Å². The van der Waals surface area contributed by atoms with E-state index in [0.717, 1.165) is 68.6 Å². The van der Waals surface area contributed by atoms with Crippen LogP contribution in [0.25, 0.3) is 0 Å². The third-order valence-electron chi connectivity index (χ3n) is 8.37. The maximum atomic E-state index is 13.9. The monoisotopic (exact) mass is 513 g/mol. The Labute approximate surface area is 223 Å². The van der Waals surface area contributed by atoms with Crippen molar-refractivity contribution < 1.29 is 9.59 Å². The molecule has 1 saturated carbocycles. The van der Waals surface area contributed by atoms with Gasteiger partial charge in [-0.2, -0.15) is 0 Å². The Hall–Kier alpha value is -2.96. The molecule has 6 rings (SSSR count). The third-order valence-corrected chi connectivity index (χ3v) is 9.31. The van der Waals surface area contributed by atoms with Crippen molar-refractivity contribution in [2.24, 2.45) is 0 Å². The van der Waals surface area contributed by atoms with Gasteiger partial charge in [0.05, 0.1) is 12.0 Å². The van der Waals surface area contributed by atoms with Crippen molar-refractivity contribution in [1.82, 2.24) is 15.1 Å². The van der Waals surface area contributed by atoms with Gasteiger partial charge < -0.3 is 10.2 Å². The van der Waals surface area contributed by atoms with Gasteiger partial charge in [-0.05, 0) is 59.9 Å². The van der Waals surface area contributed by atoms with Crippen LogP contribution in [0.2, 0.25) is 0 Å². The molecule has 1 aromatic heterocycles. The molecular weight excluding hydrogens is 478 g/mol. The number of nitrogens with one attached hydrogen (secondary N) is 1. The number of rotatable bonds is 7. The zero-order chi connectivity index (χ0) is 25.2. The van der Waals surface area contributed by atoms with E-state index in [-0.39, 0.29) is 23.9 Å². The number of benzene rings is 2. The second-order valence-corrected chi connectivity index (χ2v) is 11.6. The van der Waals surface area contributed by atoms with Gasteiger partial charge in [-0.15, -0.1) is 11.3 Å². The Kier molecular flexibility index (Phi) is 7.12. The Morgan fingerprint density at radius 1 is 0.973 bits per heavy atom. The van der Waals surface area contributed by atoms with Crippen molar-refractivity contribution in [3.63, 3.8) is 0 Å². The first-order chi connectivity index (χ1) is 18.2. The fourth-order valence-corrected chi connectivity index (χ4v) is 7.41. The standard InChI is InChI=1S/C31H35N3O2S/c35-30(32-17-8-18-33-19-16-22-9-1-2-10-23(22)21-33)28-25-13-5-6-14-26(25)31(36)34(24-11-3-4-12-24)29(28)27-15-7-20-37-27/h1-2,5-7,9-10,13-15,20,24,28-29H,3-4,8,11-12,16-19,21H2,(H,32,35)/t28-,29-/m0/s1. The number of fused-ring (bicyclic) bond motifs is 2. The predicted molar refractivity (Wildman–Crippen MR) is 148 cm³/mol. The lowest BCUT2D eigenvalue weighted by Gasteiger charge is -2.44. The van der Waals surface area contributed by atoms with Crippen molar-refractivity contribution in [3.8, 4) is 0 Å². The molecule has 0 spiro atoms. The van der Waals surface area contributed by atoms with E-state index in [9.17, 15) is 9.59 Å². The van der Waals surface area contributed by atoms with Gasteiger partial charge in [0.2, 0.25) is 5.91 Å². The highest BCUT2D eigenvalue weighted by molar-refractivity contribution is 7.10. The summed E-state index contributed by atoms with van der Waals surface area (Å²) >= 11 is 1.65. The maximum absolute atomic E-state index is 13.9. The van der Waals surface area contributed by atoms with Crippen molar-refractivity contribution in [1.29, 1.82) is 0 Å². The molecule has 1 fully saturated rings. The Balaban J connectivity index is 1.19. The van der Waals surface area contributed by atoms with Gasteiger partial charge in [0.15, 0.2) is 0 Å². The van der Waals surface area contributed by atoms with Gasteiger partial charge in [0.25, 0.3) is 5.91 Å². The summed E-state index contributed by atoms with van der Waals surface area (Å²) in [6.07, 6.45) is 6.33. The van der Waals surface area contributed by atoms with Crippen LogP contribution >= 0.6 is 11.3 Å². The van der Waals surface area contributed by atoms with E-state index < -0.39 is 5.92 Å². The normalized spacial score (nSPS) is 22.1. The number of carbonyl (C=O) groups excluding carboxylic acids is 2. The Bertz CT molecular complexity index is 1250. The number of carbonyl (C=O) groups is 2. The second-order valence-electron chi connectivity index (χ2n) is 10.6. The third kappa shape index (κ3) is 4.85. The summed E-state index contributed by atoms with van der Waals surface area (Å²) in [7, 11) is 0. The highest BCUT2D eigenvalue weighted by atomic mass is 32.1. The van der Waals surface area contributed by atoms with E-state index in [4.69, 9.17) is 0 Å². The zero-order valence-corrected chi connectivity index (χ0v) is 22.1. The minimum absolute atomic E-state index is 0.0327. The largest absolute Gasteiger partial charge is 0.355 e. The molecule has 0 unspecified atom stereocenters. The maximum Gasteiger partial charge on any atom is 0.254 e. The predicted octanol–water partition coefficient (Wildman–Crippen LogP) is 5.54. The number of hydrogen-bond acceptors (Lipinski definition) is 4.